The molecule has 6 nitrogen and oxygen atoms in total. The average Bonchev–Trinajstić information content (AvgIpc) is 3.06. The van der Waals surface area contributed by atoms with Gasteiger partial charge in [0, 0.05) is 11.9 Å². The van der Waals surface area contributed by atoms with Crippen LogP contribution in [0.2, 0.25) is 0 Å². The van der Waals surface area contributed by atoms with E-state index in [1.165, 1.54) is 0 Å². The Kier molecular flexibility index (Phi) is 5.16. The molecule has 0 radical (unpaired) electrons. The van der Waals surface area contributed by atoms with E-state index in [0.29, 0.717) is 17.1 Å². The molecule has 0 aliphatic rings. The van der Waals surface area contributed by atoms with Crippen molar-refractivity contribution in [3.63, 3.8) is 0 Å². The molecule has 0 atom stereocenters. The summed E-state index contributed by atoms with van der Waals surface area (Å²) in [7, 11) is 1.55. The van der Waals surface area contributed by atoms with Crippen LogP contribution in [-0.4, -0.2) is 27.8 Å². The molecule has 29 heavy (non-hydrogen) atoms. The molecule has 148 valence electrons. The second-order valence-corrected chi connectivity index (χ2v) is 7.14. The third-order valence-electron chi connectivity index (χ3n) is 4.98. The molecule has 0 aliphatic heterocycles. The first-order valence-electron chi connectivity index (χ1n) is 9.83. The first-order chi connectivity index (χ1) is 14.1. The maximum Gasteiger partial charge on any atom is 0.260 e. The topological polar surface area (TPSA) is 69.0 Å². The van der Waals surface area contributed by atoms with E-state index >= 15 is 0 Å². The Morgan fingerprint density at radius 2 is 2.00 bits per heavy atom. The smallest absolute Gasteiger partial charge is 0.260 e. The van der Waals surface area contributed by atoms with Crippen molar-refractivity contribution in [2.75, 3.05) is 12.4 Å². The minimum atomic E-state index is -0.256. The molecule has 1 N–H and O–H groups in total. The highest BCUT2D eigenvalue weighted by atomic mass is 16.5. The number of methoxy groups -OCH3 is 1. The number of pyridine rings is 1. The summed E-state index contributed by atoms with van der Waals surface area (Å²) >= 11 is 0. The van der Waals surface area contributed by atoms with Gasteiger partial charge in [0.1, 0.15) is 5.75 Å². The van der Waals surface area contributed by atoms with E-state index in [1.807, 2.05) is 28.9 Å². The van der Waals surface area contributed by atoms with Crippen molar-refractivity contribution in [3.8, 4) is 5.75 Å². The zero-order valence-electron chi connectivity index (χ0n) is 16.9. The van der Waals surface area contributed by atoms with Crippen LogP contribution in [0.3, 0.4) is 0 Å². The van der Waals surface area contributed by atoms with E-state index in [4.69, 9.17) is 9.72 Å². The van der Waals surface area contributed by atoms with Gasteiger partial charge < -0.3 is 10.1 Å². The Bertz CT molecular complexity index is 1200. The number of aromatic nitrogens is 3. The number of carbonyl (C=O) groups excluding carboxylic acids is 1. The molecule has 0 saturated heterocycles. The minimum Gasteiger partial charge on any atom is -0.496 e. The Labute approximate surface area is 169 Å². The number of nitrogens with zero attached hydrogens (tertiary/aromatic N) is 3. The number of unbranched alkanes of at least 4 members (excludes halogenated alkanes) is 1. The molecule has 0 saturated carbocycles. The molecular formula is C23H24N4O2. The fourth-order valence-electron chi connectivity index (χ4n) is 3.42. The second kappa shape index (κ2) is 7.91. The summed E-state index contributed by atoms with van der Waals surface area (Å²) in [5.74, 6) is 0.786. The largest absolute Gasteiger partial charge is 0.496 e. The minimum absolute atomic E-state index is 0.256. The van der Waals surface area contributed by atoms with Gasteiger partial charge in [-0.15, -0.1) is 0 Å². The maximum absolute atomic E-state index is 12.9. The molecule has 6 heteroatoms. The Morgan fingerprint density at radius 3 is 2.79 bits per heavy atom. The first kappa shape index (κ1) is 18.9. The van der Waals surface area contributed by atoms with Crippen LogP contribution in [0.25, 0.3) is 21.9 Å². The van der Waals surface area contributed by atoms with Gasteiger partial charge in [0.2, 0.25) is 0 Å². The number of fused-ring (bicyclic) bond motifs is 2. The molecule has 0 unspecified atom stereocenters. The van der Waals surface area contributed by atoms with Crippen LogP contribution < -0.4 is 10.1 Å². The van der Waals surface area contributed by atoms with Gasteiger partial charge in [0.05, 0.1) is 23.6 Å². The monoisotopic (exact) mass is 388 g/mol. The van der Waals surface area contributed by atoms with Gasteiger partial charge in [-0.25, -0.2) is 9.67 Å². The van der Waals surface area contributed by atoms with Crippen LogP contribution in [0.15, 0.2) is 48.5 Å². The number of ether oxygens (including phenoxy) is 1. The Balaban J connectivity index is 1.80. The van der Waals surface area contributed by atoms with E-state index in [-0.39, 0.29) is 5.91 Å². The zero-order valence-corrected chi connectivity index (χ0v) is 16.9. The number of benzene rings is 2. The van der Waals surface area contributed by atoms with Crippen LogP contribution in [0.4, 0.5) is 5.82 Å². The SMILES string of the molecule is CCCCn1nc(NC(=O)c2ccccc2OC)c2cc3ccc(C)cc3nc21. The fourth-order valence-corrected chi connectivity index (χ4v) is 3.42. The number of rotatable bonds is 6. The van der Waals surface area contributed by atoms with Gasteiger partial charge in [-0.1, -0.05) is 37.6 Å². The second-order valence-electron chi connectivity index (χ2n) is 7.14. The Hall–Kier alpha value is -3.41. The van der Waals surface area contributed by atoms with E-state index in [2.05, 4.69) is 36.4 Å². The van der Waals surface area contributed by atoms with Crippen LogP contribution >= 0.6 is 0 Å². The standard InChI is InChI=1S/C23H24N4O2/c1-4-5-12-27-22-18(14-16-11-10-15(2)13-19(16)24-22)21(26-27)25-23(28)17-8-6-7-9-20(17)29-3/h6-11,13-14H,4-5,12H2,1-3H3,(H,25,26,28). The molecule has 0 bridgehead atoms. The summed E-state index contributed by atoms with van der Waals surface area (Å²) in [4.78, 5) is 17.8. The predicted octanol–water partition coefficient (Wildman–Crippen LogP) is 4.95. The number of para-hydroxylation sites is 1. The van der Waals surface area contributed by atoms with Gasteiger partial charge in [-0.2, -0.15) is 5.10 Å². The highest BCUT2D eigenvalue weighted by molar-refractivity contribution is 6.10. The van der Waals surface area contributed by atoms with Gasteiger partial charge in [-0.3, -0.25) is 4.79 Å². The number of hydrogen-bond donors (Lipinski definition) is 1. The lowest BCUT2D eigenvalue weighted by molar-refractivity contribution is 0.102. The number of anilines is 1. The van der Waals surface area contributed by atoms with Gasteiger partial charge >= 0.3 is 0 Å². The summed E-state index contributed by atoms with van der Waals surface area (Å²) in [6, 6.07) is 15.4. The maximum atomic E-state index is 12.9. The number of hydrogen-bond acceptors (Lipinski definition) is 4. The molecule has 0 fully saturated rings. The third kappa shape index (κ3) is 3.66. The van der Waals surface area contributed by atoms with Crippen molar-refractivity contribution in [1.29, 1.82) is 0 Å². The summed E-state index contributed by atoms with van der Waals surface area (Å²) in [5, 5.41) is 9.49. The van der Waals surface area contributed by atoms with E-state index in [9.17, 15) is 4.79 Å². The van der Waals surface area contributed by atoms with Gasteiger partial charge in [-0.05, 0) is 43.2 Å². The molecular weight excluding hydrogens is 364 g/mol. The summed E-state index contributed by atoms with van der Waals surface area (Å²) in [5.41, 5.74) is 3.34. The first-order valence-corrected chi connectivity index (χ1v) is 9.83. The van der Waals surface area contributed by atoms with E-state index < -0.39 is 0 Å². The highest BCUT2D eigenvalue weighted by Crippen LogP contribution is 2.28. The summed E-state index contributed by atoms with van der Waals surface area (Å²) in [6.45, 7) is 4.95. The van der Waals surface area contributed by atoms with Crippen molar-refractivity contribution in [3.05, 3.63) is 59.7 Å². The van der Waals surface area contributed by atoms with Crippen molar-refractivity contribution < 1.29 is 9.53 Å². The lowest BCUT2D eigenvalue weighted by Gasteiger charge is -2.07. The number of amides is 1. The summed E-state index contributed by atoms with van der Waals surface area (Å²) < 4.78 is 7.21. The molecule has 2 heterocycles. The third-order valence-corrected chi connectivity index (χ3v) is 4.98. The Morgan fingerprint density at radius 1 is 1.17 bits per heavy atom. The lowest BCUT2D eigenvalue weighted by Crippen LogP contribution is -2.14. The number of nitrogens with one attached hydrogen (secondary N) is 1. The normalized spacial score (nSPS) is 11.1. The van der Waals surface area contributed by atoms with Crippen LogP contribution in [0.1, 0.15) is 35.7 Å². The average molecular weight is 388 g/mol. The number of aryl methyl sites for hydroxylation is 2. The van der Waals surface area contributed by atoms with Crippen molar-refractivity contribution in [2.45, 2.75) is 33.2 Å². The van der Waals surface area contributed by atoms with Crippen molar-refractivity contribution in [2.24, 2.45) is 0 Å². The highest BCUT2D eigenvalue weighted by Gasteiger charge is 2.18. The molecule has 0 spiro atoms. The number of carbonyl (C=O) groups is 1. The molecule has 2 aromatic heterocycles. The predicted molar refractivity (Wildman–Crippen MR) is 116 cm³/mol. The van der Waals surface area contributed by atoms with Crippen LogP contribution in [-0.2, 0) is 6.54 Å². The molecule has 4 aromatic rings. The van der Waals surface area contributed by atoms with E-state index in [0.717, 1.165) is 46.9 Å². The molecule has 1 amide bonds. The van der Waals surface area contributed by atoms with Gasteiger partial charge in [0.15, 0.2) is 11.5 Å². The van der Waals surface area contributed by atoms with E-state index in [1.54, 1.807) is 19.2 Å². The molecule has 4 rings (SSSR count). The van der Waals surface area contributed by atoms with Crippen LogP contribution in [0.5, 0.6) is 5.75 Å². The molecule has 0 aliphatic carbocycles. The van der Waals surface area contributed by atoms with Gasteiger partial charge in [0.25, 0.3) is 5.91 Å². The van der Waals surface area contributed by atoms with Crippen molar-refractivity contribution in [1.82, 2.24) is 14.8 Å². The lowest BCUT2D eigenvalue weighted by atomic mass is 10.1. The quantitative estimate of drug-likeness (QED) is 0.507. The van der Waals surface area contributed by atoms with Crippen molar-refractivity contribution >= 4 is 33.7 Å². The zero-order chi connectivity index (χ0) is 20.4. The molecule has 2 aromatic carbocycles. The fraction of sp³-hybridized carbons (Fsp3) is 0.261. The van der Waals surface area contributed by atoms with Crippen LogP contribution in [0, 0.1) is 6.92 Å². The summed E-state index contributed by atoms with van der Waals surface area (Å²) in [6.07, 6.45) is 2.04.